The molecule has 0 radical (unpaired) electrons. The molecule has 18 heavy (non-hydrogen) atoms. The minimum Gasteiger partial charge on any atom is -0.368 e. The van der Waals surface area contributed by atoms with Crippen molar-refractivity contribution in [3.63, 3.8) is 0 Å². The van der Waals surface area contributed by atoms with Crippen LogP contribution in [0.4, 0.5) is 0 Å². The SMILES string of the molecule is CN(C)S(=O)(=O)N[C@@H](Cc1ccccc1)C(N)=O. The number of nitrogens with one attached hydrogen (secondary N) is 1. The van der Waals surface area contributed by atoms with Crippen LogP contribution in [0.3, 0.4) is 0 Å². The van der Waals surface area contributed by atoms with Gasteiger partial charge in [0.25, 0.3) is 10.2 Å². The topological polar surface area (TPSA) is 92.5 Å². The van der Waals surface area contributed by atoms with Crippen LogP contribution in [0.2, 0.25) is 0 Å². The highest BCUT2D eigenvalue weighted by molar-refractivity contribution is 7.87. The number of carbonyl (C=O) groups is 1. The molecule has 0 aliphatic rings. The van der Waals surface area contributed by atoms with E-state index >= 15 is 0 Å². The monoisotopic (exact) mass is 271 g/mol. The van der Waals surface area contributed by atoms with E-state index in [2.05, 4.69) is 4.72 Å². The third-order valence-electron chi connectivity index (χ3n) is 2.40. The molecule has 3 N–H and O–H groups in total. The van der Waals surface area contributed by atoms with Gasteiger partial charge in [-0.05, 0) is 12.0 Å². The highest BCUT2D eigenvalue weighted by atomic mass is 32.2. The van der Waals surface area contributed by atoms with Gasteiger partial charge >= 0.3 is 0 Å². The number of primary amides is 1. The zero-order valence-corrected chi connectivity index (χ0v) is 11.1. The first kappa shape index (κ1) is 14.6. The molecule has 0 spiro atoms. The maximum atomic E-state index is 11.6. The lowest BCUT2D eigenvalue weighted by Crippen LogP contribution is -2.49. The Kier molecular flexibility index (Phi) is 4.83. The molecule has 0 heterocycles. The van der Waals surface area contributed by atoms with Gasteiger partial charge in [0.05, 0.1) is 0 Å². The number of nitrogens with two attached hydrogens (primary N) is 1. The van der Waals surface area contributed by atoms with E-state index in [0.717, 1.165) is 9.87 Å². The first-order valence-electron chi connectivity index (χ1n) is 5.36. The third kappa shape index (κ3) is 4.10. The van der Waals surface area contributed by atoms with Crippen molar-refractivity contribution in [1.82, 2.24) is 9.03 Å². The van der Waals surface area contributed by atoms with E-state index in [1.165, 1.54) is 14.1 Å². The summed E-state index contributed by atoms with van der Waals surface area (Å²) in [7, 11) is -0.924. The molecule has 0 saturated carbocycles. The Labute approximate surface area is 107 Å². The van der Waals surface area contributed by atoms with Crippen LogP contribution in [-0.4, -0.2) is 38.8 Å². The number of benzene rings is 1. The van der Waals surface area contributed by atoms with Gasteiger partial charge in [-0.3, -0.25) is 4.79 Å². The maximum absolute atomic E-state index is 11.6. The summed E-state index contributed by atoms with van der Waals surface area (Å²) in [6, 6.07) is 8.12. The highest BCUT2D eigenvalue weighted by Crippen LogP contribution is 2.04. The van der Waals surface area contributed by atoms with Crippen molar-refractivity contribution >= 4 is 16.1 Å². The molecule has 1 rings (SSSR count). The Hall–Kier alpha value is -1.44. The number of hydrogen-bond acceptors (Lipinski definition) is 3. The quantitative estimate of drug-likeness (QED) is 0.729. The lowest BCUT2D eigenvalue weighted by molar-refractivity contribution is -0.119. The van der Waals surface area contributed by atoms with Crippen molar-refractivity contribution < 1.29 is 13.2 Å². The highest BCUT2D eigenvalue weighted by Gasteiger charge is 2.24. The fourth-order valence-electron chi connectivity index (χ4n) is 1.34. The fourth-order valence-corrected chi connectivity index (χ4v) is 2.11. The van der Waals surface area contributed by atoms with Crippen LogP contribution in [0.15, 0.2) is 30.3 Å². The van der Waals surface area contributed by atoms with Gasteiger partial charge in [0.15, 0.2) is 0 Å². The minimum atomic E-state index is -3.68. The van der Waals surface area contributed by atoms with Gasteiger partial charge in [-0.1, -0.05) is 30.3 Å². The van der Waals surface area contributed by atoms with E-state index in [9.17, 15) is 13.2 Å². The van der Waals surface area contributed by atoms with Crippen molar-refractivity contribution in [2.24, 2.45) is 5.73 Å². The largest absolute Gasteiger partial charge is 0.368 e. The third-order valence-corrected chi connectivity index (χ3v) is 3.94. The maximum Gasteiger partial charge on any atom is 0.279 e. The van der Waals surface area contributed by atoms with Crippen LogP contribution in [0.1, 0.15) is 5.56 Å². The molecule has 0 unspecified atom stereocenters. The summed E-state index contributed by atoms with van der Waals surface area (Å²) in [4.78, 5) is 11.3. The molecule has 1 aromatic rings. The predicted molar refractivity (Wildman–Crippen MR) is 68.9 cm³/mol. The Morgan fingerprint density at radius 1 is 1.33 bits per heavy atom. The van der Waals surface area contributed by atoms with E-state index in [1.807, 2.05) is 18.2 Å². The van der Waals surface area contributed by atoms with E-state index in [4.69, 9.17) is 5.73 Å². The lowest BCUT2D eigenvalue weighted by atomic mass is 10.1. The number of amides is 1. The lowest BCUT2D eigenvalue weighted by Gasteiger charge is -2.18. The molecule has 1 atom stereocenters. The molecule has 1 amide bonds. The molecule has 100 valence electrons. The van der Waals surface area contributed by atoms with Crippen molar-refractivity contribution in [1.29, 1.82) is 0 Å². The van der Waals surface area contributed by atoms with Crippen LogP contribution in [0.5, 0.6) is 0 Å². The first-order valence-corrected chi connectivity index (χ1v) is 6.80. The van der Waals surface area contributed by atoms with Crippen molar-refractivity contribution in [2.45, 2.75) is 12.5 Å². The molecule has 0 bridgehead atoms. The standard InChI is InChI=1S/C11H17N3O3S/c1-14(2)18(16,17)13-10(11(12)15)8-9-6-4-3-5-7-9/h3-7,10,13H,8H2,1-2H3,(H2,12,15)/t10-/m0/s1. The Bertz CT molecular complexity index is 500. The van der Waals surface area contributed by atoms with E-state index in [1.54, 1.807) is 12.1 Å². The number of rotatable bonds is 6. The fraction of sp³-hybridized carbons (Fsp3) is 0.364. The van der Waals surface area contributed by atoms with Crippen molar-refractivity contribution in [2.75, 3.05) is 14.1 Å². The summed E-state index contributed by atoms with van der Waals surface area (Å²) in [5.74, 6) is -0.704. The van der Waals surface area contributed by atoms with Crippen LogP contribution in [0, 0.1) is 0 Å². The van der Waals surface area contributed by atoms with Gasteiger partial charge in [0, 0.05) is 14.1 Å². The number of carbonyl (C=O) groups excluding carboxylic acids is 1. The van der Waals surface area contributed by atoms with Gasteiger partial charge in [0.1, 0.15) is 6.04 Å². The van der Waals surface area contributed by atoms with Gasteiger partial charge < -0.3 is 5.73 Å². The molecule has 6 nitrogen and oxygen atoms in total. The molecule has 0 saturated heterocycles. The molecule has 0 aliphatic heterocycles. The molecule has 1 aromatic carbocycles. The molecule has 0 aliphatic carbocycles. The van der Waals surface area contributed by atoms with Crippen molar-refractivity contribution in [3.05, 3.63) is 35.9 Å². The van der Waals surface area contributed by atoms with Crippen LogP contribution < -0.4 is 10.5 Å². The molecular formula is C11H17N3O3S. The molecule has 7 heteroatoms. The second-order valence-electron chi connectivity index (χ2n) is 4.05. The number of hydrogen-bond donors (Lipinski definition) is 2. The van der Waals surface area contributed by atoms with Crippen LogP contribution >= 0.6 is 0 Å². The van der Waals surface area contributed by atoms with Gasteiger partial charge in [-0.2, -0.15) is 17.4 Å². The average Bonchev–Trinajstić information content (AvgIpc) is 2.29. The van der Waals surface area contributed by atoms with Crippen LogP contribution in [-0.2, 0) is 21.4 Å². The molecular weight excluding hydrogens is 254 g/mol. The van der Waals surface area contributed by atoms with Gasteiger partial charge in [-0.15, -0.1) is 0 Å². The summed E-state index contributed by atoms with van der Waals surface area (Å²) in [6.07, 6.45) is 0.225. The van der Waals surface area contributed by atoms with Crippen molar-refractivity contribution in [3.8, 4) is 0 Å². The first-order chi connectivity index (χ1) is 8.33. The Balaban J connectivity index is 2.83. The normalized spacial score (nSPS) is 13.5. The number of nitrogens with zero attached hydrogens (tertiary/aromatic N) is 1. The second kappa shape index (κ2) is 5.94. The summed E-state index contributed by atoms with van der Waals surface area (Å²) in [5.41, 5.74) is 6.04. The zero-order valence-electron chi connectivity index (χ0n) is 10.3. The average molecular weight is 271 g/mol. The van der Waals surface area contributed by atoms with Gasteiger partial charge in [0.2, 0.25) is 5.91 Å². The smallest absolute Gasteiger partial charge is 0.279 e. The summed E-state index contributed by atoms with van der Waals surface area (Å²) in [6.45, 7) is 0. The Morgan fingerprint density at radius 2 is 1.89 bits per heavy atom. The molecule has 0 aromatic heterocycles. The predicted octanol–water partition coefficient (Wildman–Crippen LogP) is -0.521. The van der Waals surface area contributed by atoms with E-state index < -0.39 is 22.2 Å². The second-order valence-corrected chi connectivity index (χ2v) is 5.97. The summed E-state index contributed by atoms with van der Waals surface area (Å²) < 4.78 is 26.5. The summed E-state index contributed by atoms with van der Waals surface area (Å²) >= 11 is 0. The zero-order chi connectivity index (χ0) is 13.8. The van der Waals surface area contributed by atoms with E-state index in [0.29, 0.717) is 0 Å². The minimum absolute atomic E-state index is 0.225. The van der Waals surface area contributed by atoms with Crippen LogP contribution in [0.25, 0.3) is 0 Å². The molecule has 0 fully saturated rings. The van der Waals surface area contributed by atoms with Gasteiger partial charge in [-0.25, -0.2) is 0 Å². The summed E-state index contributed by atoms with van der Waals surface area (Å²) in [5, 5.41) is 0. The van der Waals surface area contributed by atoms with E-state index in [-0.39, 0.29) is 6.42 Å². The Morgan fingerprint density at radius 3 is 2.33 bits per heavy atom.